The van der Waals surface area contributed by atoms with Gasteiger partial charge in [0.05, 0.1) is 6.04 Å². The fourth-order valence-corrected chi connectivity index (χ4v) is 4.24. The molecule has 2 heterocycles. The molecular formula is C25H26N4O. The SMILES string of the molecule is CC(c1nnc(-c2ccccc2)o1)N1CCN(Cc2cccc3ccccc23)CC1. The zero-order valence-electron chi connectivity index (χ0n) is 17.2. The van der Waals surface area contributed by atoms with E-state index in [-0.39, 0.29) is 6.04 Å². The van der Waals surface area contributed by atoms with Crippen molar-refractivity contribution in [1.82, 2.24) is 20.0 Å². The van der Waals surface area contributed by atoms with Crippen LogP contribution in [0.3, 0.4) is 0 Å². The Kier molecular flexibility index (Phi) is 5.30. The molecule has 0 bridgehead atoms. The van der Waals surface area contributed by atoms with Gasteiger partial charge in [-0.3, -0.25) is 9.80 Å². The molecule has 0 amide bonds. The summed E-state index contributed by atoms with van der Waals surface area (Å²) in [6.07, 6.45) is 0. The molecule has 1 atom stereocenters. The molecular weight excluding hydrogens is 372 g/mol. The Balaban J connectivity index is 1.22. The molecule has 0 N–H and O–H groups in total. The summed E-state index contributed by atoms with van der Waals surface area (Å²) in [5.74, 6) is 1.28. The molecule has 4 aromatic rings. The summed E-state index contributed by atoms with van der Waals surface area (Å²) in [5.41, 5.74) is 2.36. The van der Waals surface area contributed by atoms with Crippen LogP contribution in [0.1, 0.15) is 24.4 Å². The van der Waals surface area contributed by atoms with Crippen molar-refractivity contribution < 1.29 is 4.42 Å². The van der Waals surface area contributed by atoms with Gasteiger partial charge >= 0.3 is 0 Å². The van der Waals surface area contributed by atoms with E-state index in [9.17, 15) is 0 Å². The molecule has 0 saturated carbocycles. The van der Waals surface area contributed by atoms with E-state index in [0.717, 1.165) is 38.3 Å². The highest BCUT2D eigenvalue weighted by molar-refractivity contribution is 5.85. The molecule has 1 aliphatic rings. The molecule has 30 heavy (non-hydrogen) atoms. The maximum Gasteiger partial charge on any atom is 0.247 e. The lowest BCUT2D eigenvalue weighted by atomic mass is 10.0. The average Bonchev–Trinajstić information content (AvgIpc) is 3.30. The number of piperazine rings is 1. The number of nitrogens with zero attached hydrogens (tertiary/aromatic N) is 4. The van der Waals surface area contributed by atoms with E-state index in [2.05, 4.69) is 69.4 Å². The summed E-state index contributed by atoms with van der Waals surface area (Å²) in [5, 5.41) is 11.2. The zero-order valence-corrected chi connectivity index (χ0v) is 17.2. The largest absolute Gasteiger partial charge is 0.419 e. The highest BCUT2D eigenvalue weighted by atomic mass is 16.4. The Labute approximate surface area is 176 Å². The van der Waals surface area contributed by atoms with Gasteiger partial charge in [0.2, 0.25) is 11.8 Å². The smallest absolute Gasteiger partial charge is 0.247 e. The monoisotopic (exact) mass is 398 g/mol. The molecule has 1 aliphatic heterocycles. The summed E-state index contributed by atoms with van der Waals surface area (Å²) in [4.78, 5) is 4.97. The number of rotatable bonds is 5. The Morgan fingerprint density at radius 3 is 2.40 bits per heavy atom. The summed E-state index contributed by atoms with van der Waals surface area (Å²) in [7, 11) is 0. The van der Waals surface area contributed by atoms with Crippen molar-refractivity contribution in [3.8, 4) is 11.5 Å². The van der Waals surface area contributed by atoms with Crippen LogP contribution in [0.25, 0.3) is 22.2 Å². The van der Waals surface area contributed by atoms with Gasteiger partial charge in [0.1, 0.15) is 0 Å². The highest BCUT2D eigenvalue weighted by Gasteiger charge is 2.26. The van der Waals surface area contributed by atoms with Crippen molar-refractivity contribution in [2.75, 3.05) is 26.2 Å². The van der Waals surface area contributed by atoms with E-state index in [0.29, 0.717) is 11.8 Å². The first-order chi connectivity index (χ1) is 14.8. The van der Waals surface area contributed by atoms with Gasteiger partial charge in [-0.15, -0.1) is 10.2 Å². The van der Waals surface area contributed by atoms with Crippen molar-refractivity contribution in [2.24, 2.45) is 0 Å². The second kappa shape index (κ2) is 8.38. The third kappa shape index (κ3) is 3.86. The van der Waals surface area contributed by atoms with Crippen LogP contribution in [-0.4, -0.2) is 46.2 Å². The topological polar surface area (TPSA) is 45.4 Å². The van der Waals surface area contributed by atoms with Crippen LogP contribution >= 0.6 is 0 Å². The van der Waals surface area contributed by atoms with Crippen molar-refractivity contribution in [3.63, 3.8) is 0 Å². The van der Waals surface area contributed by atoms with Crippen molar-refractivity contribution >= 4 is 10.8 Å². The van der Waals surface area contributed by atoms with Crippen LogP contribution in [0.4, 0.5) is 0 Å². The normalized spacial score (nSPS) is 16.7. The standard InChI is InChI=1S/C25H26N4O/c1-19(24-26-27-25(30-24)21-9-3-2-4-10-21)29-16-14-28(15-17-29)18-22-12-7-11-20-8-5-6-13-23(20)22/h2-13,19H,14-18H2,1H3. The lowest BCUT2D eigenvalue weighted by Gasteiger charge is -2.37. The molecule has 5 heteroatoms. The number of hydrogen-bond donors (Lipinski definition) is 0. The highest BCUT2D eigenvalue weighted by Crippen LogP contribution is 2.26. The van der Waals surface area contributed by atoms with Gasteiger partial charge in [0.15, 0.2) is 0 Å². The van der Waals surface area contributed by atoms with Crippen LogP contribution in [0.5, 0.6) is 0 Å². The molecule has 1 unspecified atom stereocenters. The van der Waals surface area contributed by atoms with Crippen molar-refractivity contribution in [2.45, 2.75) is 19.5 Å². The van der Waals surface area contributed by atoms with E-state index in [1.54, 1.807) is 0 Å². The summed E-state index contributed by atoms with van der Waals surface area (Å²) < 4.78 is 5.98. The molecule has 1 aromatic heterocycles. The van der Waals surface area contributed by atoms with Crippen LogP contribution in [0.2, 0.25) is 0 Å². The summed E-state index contributed by atoms with van der Waals surface area (Å²) in [6, 6.07) is 25.3. The van der Waals surface area contributed by atoms with Gasteiger partial charge in [0.25, 0.3) is 0 Å². The van der Waals surface area contributed by atoms with E-state index in [4.69, 9.17) is 4.42 Å². The molecule has 5 nitrogen and oxygen atoms in total. The number of hydrogen-bond acceptors (Lipinski definition) is 5. The van der Waals surface area contributed by atoms with Crippen LogP contribution in [0, 0.1) is 0 Å². The van der Waals surface area contributed by atoms with Gasteiger partial charge < -0.3 is 4.42 Å². The minimum absolute atomic E-state index is 0.120. The molecule has 1 saturated heterocycles. The third-order valence-corrected chi connectivity index (χ3v) is 6.05. The van der Waals surface area contributed by atoms with E-state index in [1.807, 2.05) is 30.3 Å². The minimum Gasteiger partial charge on any atom is -0.419 e. The Hall–Kier alpha value is -3.02. The van der Waals surface area contributed by atoms with Crippen molar-refractivity contribution in [3.05, 3.63) is 84.3 Å². The number of benzene rings is 3. The van der Waals surface area contributed by atoms with E-state index >= 15 is 0 Å². The van der Waals surface area contributed by atoms with E-state index < -0.39 is 0 Å². The molecule has 1 fully saturated rings. The van der Waals surface area contributed by atoms with Crippen LogP contribution in [-0.2, 0) is 6.54 Å². The van der Waals surface area contributed by atoms with Gasteiger partial charge in [-0.05, 0) is 35.4 Å². The molecule has 5 rings (SSSR count). The molecule has 0 radical (unpaired) electrons. The first-order valence-electron chi connectivity index (χ1n) is 10.6. The second-order valence-electron chi connectivity index (χ2n) is 7.94. The maximum atomic E-state index is 5.98. The van der Waals surface area contributed by atoms with Crippen LogP contribution < -0.4 is 0 Å². The van der Waals surface area contributed by atoms with Crippen LogP contribution in [0.15, 0.2) is 77.2 Å². The lowest BCUT2D eigenvalue weighted by Crippen LogP contribution is -2.46. The van der Waals surface area contributed by atoms with Crippen molar-refractivity contribution in [1.29, 1.82) is 0 Å². The Bertz CT molecular complexity index is 1110. The number of fused-ring (bicyclic) bond motifs is 1. The fourth-order valence-electron chi connectivity index (χ4n) is 4.24. The van der Waals surface area contributed by atoms with Gasteiger partial charge in [-0.2, -0.15) is 0 Å². The molecule has 0 aliphatic carbocycles. The second-order valence-corrected chi connectivity index (χ2v) is 7.94. The van der Waals surface area contributed by atoms with Gasteiger partial charge in [0, 0.05) is 38.3 Å². The third-order valence-electron chi connectivity index (χ3n) is 6.05. The maximum absolute atomic E-state index is 5.98. The van der Waals surface area contributed by atoms with Gasteiger partial charge in [-0.1, -0.05) is 60.7 Å². The summed E-state index contributed by atoms with van der Waals surface area (Å²) in [6.45, 7) is 7.20. The fraction of sp³-hybridized carbons (Fsp3) is 0.280. The Morgan fingerprint density at radius 2 is 1.57 bits per heavy atom. The number of aromatic nitrogens is 2. The first-order valence-corrected chi connectivity index (χ1v) is 10.6. The first kappa shape index (κ1) is 19.0. The molecule has 0 spiro atoms. The predicted molar refractivity (Wildman–Crippen MR) is 119 cm³/mol. The molecule has 152 valence electrons. The Morgan fingerprint density at radius 1 is 0.833 bits per heavy atom. The predicted octanol–water partition coefficient (Wildman–Crippen LogP) is 4.77. The lowest BCUT2D eigenvalue weighted by molar-refractivity contribution is 0.0878. The minimum atomic E-state index is 0.120. The van der Waals surface area contributed by atoms with Gasteiger partial charge in [-0.25, -0.2) is 0 Å². The quantitative estimate of drug-likeness (QED) is 0.485. The summed E-state index contributed by atoms with van der Waals surface area (Å²) >= 11 is 0. The van der Waals surface area contributed by atoms with E-state index in [1.165, 1.54) is 16.3 Å². The average molecular weight is 399 g/mol. The zero-order chi connectivity index (χ0) is 20.3. The molecule has 3 aromatic carbocycles.